The van der Waals surface area contributed by atoms with E-state index in [1.54, 1.807) is 13.8 Å². The Kier molecular flexibility index (Phi) is 6.93. The van der Waals surface area contributed by atoms with Gasteiger partial charge in [0, 0.05) is 22.2 Å². The quantitative estimate of drug-likeness (QED) is 0.500. The van der Waals surface area contributed by atoms with Crippen LogP contribution in [0.1, 0.15) is 46.6 Å². The van der Waals surface area contributed by atoms with Gasteiger partial charge in [0.1, 0.15) is 0 Å². The average molecular weight is 361 g/mol. The number of benzene rings is 1. The van der Waals surface area contributed by atoms with Crippen molar-refractivity contribution in [1.82, 2.24) is 0 Å². The third-order valence-corrected chi connectivity index (χ3v) is 8.73. The van der Waals surface area contributed by atoms with E-state index in [9.17, 15) is 9.59 Å². The fraction of sp³-hybridized carbons (Fsp3) is 0.400. The molecule has 1 aromatic carbocycles. The number of rotatable bonds is 8. The lowest BCUT2D eigenvalue weighted by Crippen LogP contribution is -2.56. The van der Waals surface area contributed by atoms with Crippen LogP contribution in [0.2, 0.25) is 5.04 Å². The van der Waals surface area contributed by atoms with Crippen LogP contribution >= 0.6 is 0 Å². The highest BCUT2D eigenvalue weighted by atomic mass is 28.4. The van der Waals surface area contributed by atoms with E-state index in [1.165, 1.54) is 0 Å². The molecular formula is C20H28O4Si. The number of hydrogen-bond donors (Lipinski definition) is 0. The van der Waals surface area contributed by atoms with Crippen molar-refractivity contribution in [2.45, 2.75) is 52.1 Å². The van der Waals surface area contributed by atoms with Gasteiger partial charge in [0.25, 0.3) is 0 Å². The minimum Gasteiger partial charge on any atom is -0.481 e. The van der Waals surface area contributed by atoms with Crippen molar-refractivity contribution in [3.63, 3.8) is 0 Å². The lowest BCUT2D eigenvalue weighted by molar-refractivity contribution is -0.138. The summed E-state index contributed by atoms with van der Waals surface area (Å²) in [5, 5.41) is -0.487. The molecule has 25 heavy (non-hydrogen) atoms. The van der Waals surface area contributed by atoms with Crippen molar-refractivity contribution in [2.24, 2.45) is 0 Å². The Balaban J connectivity index is 3.44. The molecule has 0 amide bonds. The van der Waals surface area contributed by atoms with Gasteiger partial charge in [0.15, 0.2) is 0 Å². The Morgan fingerprint density at radius 3 is 1.80 bits per heavy atom. The average Bonchev–Trinajstić information content (AvgIpc) is 2.55. The van der Waals surface area contributed by atoms with Gasteiger partial charge in [0.2, 0.25) is 0 Å². The molecule has 0 fully saturated rings. The van der Waals surface area contributed by atoms with E-state index >= 15 is 0 Å². The Morgan fingerprint density at radius 2 is 1.44 bits per heavy atom. The largest absolute Gasteiger partial charge is 0.481 e. The van der Waals surface area contributed by atoms with Crippen LogP contribution in [-0.4, -0.2) is 20.5 Å². The van der Waals surface area contributed by atoms with Crippen molar-refractivity contribution in [2.75, 3.05) is 0 Å². The van der Waals surface area contributed by atoms with E-state index in [0.29, 0.717) is 12.5 Å². The topological polar surface area (TPSA) is 52.6 Å². The van der Waals surface area contributed by atoms with Crippen LogP contribution in [0.25, 0.3) is 0 Å². The zero-order chi connectivity index (χ0) is 19.3. The van der Waals surface area contributed by atoms with Crippen molar-refractivity contribution in [3.8, 4) is 0 Å². The van der Waals surface area contributed by atoms with Crippen molar-refractivity contribution in [1.29, 1.82) is 0 Å². The van der Waals surface area contributed by atoms with Crippen LogP contribution in [0.4, 0.5) is 0 Å². The van der Waals surface area contributed by atoms with Crippen molar-refractivity contribution >= 4 is 20.5 Å². The van der Waals surface area contributed by atoms with Crippen LogP contribution in [0, 0.1) is 0 Å². The van der Waals surface area contributed by atoms with E-state index in [2.05, 4.69) is 13.2 Å². The van der Waals surface area contributed by atoms with Gasteiger partial charge in [-0.15, -0.1) is 0 Å². The standard InChI is InChI=1S/C20H28O4Si/c1-8-20(6,7)25(23-18(21)15(2)3,24-19(22)16(4)5)14-17-12-10-9-11-13-17/h9-13H,2,4,8,14H2,1,3,5-7H3. The van der Waals surface area contributed by atoms with E-state index in [4.69, 9.17) is 8.85 Å². The first-order valence-electron chi connectivity index (χ1n) is 8.36. The lowest BCUT2D eigenvalue weighted by Gasteiger charge is -2.41. The van der Waals surface area contributed by atoms with Crippen LogP contribution < -0.4 is 0 Å². The molecule has 0 N–H and O–H groups in total. The molecule has 4 nitrogen and oxygen atoms in total. The minimum absolute atomic E-state index is 0.281. The first-order valence-corrected chi connectivity index (χ1v) is 10.4. The van der Waals surface area contributed by atoms with Gasteiger partial charge < -0.3 is 8.85 Å². The summed E-state index contributed by atoms with van der Waals surface area (Å²) in [5.41, 5.74) is 1.52. The molecule has 0 aromatic heterocycles. The molecule has 0 bridgehead atoms. The lowest BCUT2D eigenvalue weighted by atomic mass is 10.1. The Bertz CT molecular complexity index is 634. The molecule has 0 atom stereocenters. The molecule has 136 valence electrons. The third kappa shape index (κ3) is 5.16. The molecule has 1 aromatic rings. The van der Waals surface area contributed by atoms with Gasteiger partial charge in [-0.2, -0.15) is 0 Å². The van der Waals surface area contributed by atoms with Gasteiger partial charge >= 0.3 is 20.5 Å². The van der Waals surface area contributed by atoms with Gasteiger partial charge in [-0.25, -0.2) is 9.59 Å². The molecule has 0 spiro atoms. The monoisotopic (exact) mass is 360 g/mol. The summed E-state index contributed by atoms with van der Waals surface area (Å²) in [6.07, 6.45) is 0.693. The first-order chi connectivity index (χ1) is 11.5. The zero-order valence-corrected chi connectivity index (χ0v) is 16.8. The van der Waals surface area contributed by atoms with E-state index < -0.39 is 25.5 Å². The maximum atomic E-state index is 12.4. The molecule has 0 unspecified atom stereocenters. The molecule has 0 saturated carbocycles. The van der Waals surface area contributed by atoms with Crippen LogP contribution in [0.3, 0.4) is 0 Å². The predicted molar refractivity (Wildman–Crippen MR) is 102 cm³/mol. The molecule has 0 aliphatic rings. The fourth-order valence-electron chi connectivity index (χ4n) is 2.22. The van der Waals surface area contributed by atoms with E-state index in [1.807, 2.05) is 51.1 Å². The molecule has 0 saturated heterocycles. The van der Waals surface area contributed by atoms with Crippen LogP contribution in [0.15, 0.2) is 54.6 Å². The Labute approximate surface area is 151 Å². The Morgan fingerprint density at radius 1 is 1.00 bits per heavy atom. The summed E-state index contributed by atoms with van der Waals surface area (Å²) in [6, 6.07) is 10.0. The number of carbonyl (C=O) groups is 2. The van der Waals surface area contributed by atoms with Crippen LogP contribution in [0.5, 0.6) is 0 Å². The smallest absolute Gasteiger partial charge is 0.475 e. The van der Waals surface area contributed by atoms with Gasteiger partial charge in [-0.1, -0.05) is 64.3 Å². The molecule has 0 aliphatic heterocycles. The summed E-state index contributed by atoms with van der Waals surface area (Å²) >= 11 is 0. The van der Waals surface area contributed by atoms with Crippen LogP contribution in [-0.2, 0) is 24.5 Å². The minimum atomic E-state index is -3.34. The number of hydrogen-bond acceptors (Lipinski definition) is 4. The summed E-state index contributed by atoms with van der Waals surface area (Å²) in [5.74, 6) is -1.06. The van der Waals surface area contributed by atoms with E-state index in [0.717, 1.165) is 5.56 Å². The van der Waals surface area contributed by atoms with Crippen molar-refractivity contribution < 1.29 is 18.4 Å². The molecule has 0 radical (unpaired) electrons. The second-order valence-electron chi connectivity index (χ2n) is 6.99. The second kappa shape index (κ2) is 8.29. The highest BCUT2D eigenvalue weighted by molar-refractivity contribution is 6.73. The normalized spacial score (nSPS) is 11.6. The van der Waals surface area contributed by atoms with Crippen molar-refractivity contribution in [3.05, 3.63) is 60.2 Å². The summed E-state index contributed by atoms with van der Waals surface area (Å²) < 4.78 is 11.8. The SMILES string of the molecule is C=C(C)C(=O)O[Si](Cc1ccccc1)(OC(=O)C(=C)C)C(C)(C)CC. The maximum Gasteiger partial charge on any atom is 0.475 e. The third-order valence-electron chi connectivity index (χ3n) is 4.41. The number of carbonyl (C=O) groups excluding carboxylic acids is 2. The highest BCUT2D eigenvalue weighted by Crippen LogP contribution is 2.44. The zero-order valence-electron chi connectivity index (χ0n) is 15.8. The molecule has 0 heterocycles. The summed E-state index contributed by atoms with van der Waals surface area (Å²) in [6.45, 7) is 16.4. The molecular weight excluding hydrogens is 332 g/mol. The van der Waals surface area contributed by atoms with Gasteiger partial charge in [0.05, 0.1) is 0 Å². The Hall–Kier alpha value is -2.14. The highest BCUT2D eigenvalue weighted by Gasteiger charge is 2.57. The van der Waals surface area contributed by atoms with Gasteiger partial charge in [-0.3, -0.25) is 0 Å². The summed E-state index contributed by atoms with van der Waals surface area (Å²) in [7, 11) is -3.34. The molecule has 5 heteroatoms. The molecule has 0 aliphatic carbocycles. The maximum absolute atomic E-state index is 12.4. The first kappa shape index (κ1) is 20.9. The summed E-state index contributed by atoms with van der Waals surface area (Å²) in [4.78, 5) is 24.7. The van der Waals surface area contributed by atoms with E-state index in [-0.39, 0.29) is 11.1 Å². The molecule has 1 rings (SSSR count). The fourth-order valence-corrected chi connectivity index (χ4v) is 5.69. The second-order valence-corrected chi connectivity index (χ2v) is 10.6. The predicted octanol–water partition coefficient (Wildman–Crippen LogP) is 4.64. The van der Waals surface area contributed by atoms with Gasteiger partial charge in [-0.05, 0) is 25.8 Å².